The number of aliphatic hydroxyl groups is 1. The lowest BCUT2D eigenvalue weighted by molar-refractivity contribution is 0.221. The van der Waals surface area contributed by atoms with Gasteiger partial charge in [-0.1, -0.05) is 54.1 Å². The van der Waals surface area contributed by atoms with Crippen molar-refractivity contribution < 1.29 is 5.11 Å². The Bertz CT molecular complexity index is 723. The zero-order chi connectivity index (χ0) is 14.7. The molecule has 0 amide bonds. The van der Waals surface area contributed by atoms with E-state index in [2.05, 4.69) is 11.1 Å². The lowest BCUT2D eigenvalue weighted by Crippen LogP contribution is -2.02. The van der Waals surface area contributed by atoms with E-state index in [0.29, 0.717) is 0 Å². The van der Waals surface area contributed by atoms with Crippen LogP contribution < -0.4 is 0 Å². The van der Waals surface area contributed by atoms with E-state index < -0.39 is 6.10 Å². The molecule has 0 radical (unpaired) electrons. The van der Waals surface area contributed by atoms with Gasteiger partial charge in [0.2, 0.25) is 0 Å². The predicted octanol–water partition coefficient (Wildman–Crippen LogP) is 4.14. The number of rotatable bonds is 3. The summed E-state index contributed by atoms with van der Waals surface area (Å²) in [7, 11) is 0. The number of nitrogens with zero attached hydrogens (tertiary/aromatic N) is 1. The molecule has 0 spiro atoms. The SMILES string of the molecule is Cc1ccc(C(O)c2ccccc2)c(-c2ccccn2)c1. The van der Waals surface area contributed by atoms with E-state index in [4.69, 9.17) is 0 Å². The van der Waals surface area contributed by atoms with E-state index in [-0.39, 0.29) is 0 Å². The minimum absolute atomic E-state index is 0.649. The molecule has 2 heteroatoms. The van der Waals surface area contributed by atoms with Crippen molar-refractivity contribution in [2.45, 2.75) is 13.0 Å². The first-order valence-electron chi connectivity index (χ1n) is 7.00. The van der Waals surface area contributed by atoms with Crippen LogP contribution in [0.25, 0.3) is 11.3 Å². The van der Waals surface area contributed by atoms with Crippen LogP contribution in [-0.4, -0.2) is 10.1 Å². The van der Waals surface area contributed by atoms with E-state index >= 15 is 0 Å². The van der Waals surface area contributed by atoms with Gasteiger partial charge in [-0.25, -0.2) is 0 Å². The van der Waals surface area contributed by atoms with Crippen LogP contribution in [0.4, 0.5) is 0 Å². The maximum atomic E-state index is 10.7. The number of benzene rings is 2. The molecule has 0 saturated heterocycles. The number of pyridine rings is 1. The first-order chi connectivity index (χ1) is 10.3. The van der Waals surface area contributed by atoms with Gasteiger partial charge < -0.3 is 5.11 Å². The number of aliphatic hydroxyl groups excluding tert-OH is 1. The third-order valence-electron chi connectivity index (χ3n) is 3.56. The molecule has 3 rings (SSSR count). The van der Waals surface area contributed by atoms with Crippen LogP contribution >= 0.6 is 0 Å². The second kappa shape index (κ2) is 5.90. The molecule has 0 aliphatic heterocycles. The lowest BCUT2D eigenvalue weighted by Gasteiger charge is -2.16. The monoisotopic (exact) mass is 275 g/mol. The van der Waals surface area contributed by atoms with Gasteiger partial charge in [0.1, 0.15) is 6.10 Å². The highest BCUT2D eigenvalue weighted by molar-refractivity contribution is 5.66. The molecule has 1 aromatic heterocycles. The fourth-order valence-corrected chi connectivity index (χ4v) is 2.47. The second-order valence-corrected chi connectivity index (χ2v) is 5.12. The van der Waals surface area contributed by atoms with Gasteiger partial charge >= 0.3 is 0 Å². The summed E-state index contributed by atoms with van der Waals surface area (Å²) >= 11 is 0. The quantitative estimate of drug-likeness (QED) is 0.779. The van der Waals surface area contributed by atoms with Crippen molar-refractivity contribution in [3.63, 3.8) is 0 Å². The number of aromatic nitrogens is 1. The highest BCUT2D eigenvalue weighted by atomic mass is 16.3. The van der Waals surface area contributed by atoms with Crippen LogP contribution in [-0.2, 0) is 0 Å². The van der Waals surface area contributed by atoms with Crippen molar-refractivity contribution in [2.24, 2.45) is 0 Å². The van der Waals surface area contributed by atoms with Crippen LogP contribution in [0.2, 0.25) is 0 Å². The van der Waals surface area contributed by atoms with E-state index in [0.717, 1.165) is 27.9 Å². The van der Waals surface area contributed by atoms with Crippen LogP contribution in [0, 0.1) is 6.92 Å². The molecule has 0 bridgehead atoms. The summed E-state index contributed by atoms with van der Waals surface area (Å²) < 4.78 is 0. The van der Waals surface area contributed by atoms with Crippen LogP contribution in [0.15, 0.2) is 72.9 Å². The molecule has 2 aromatic carbocycles. The molecule has 0 aliphatic rings. The summed E-state index contributed by atoms with van der Waals surface area (Å²) in [6, 6.07) is 21.6. The molecule has 0 saturated carbocycles. The van der Waals surface area contributed by atoms with E-state index in [9.17, 15) is 5.11 Å². The Kier molecular flexibility index (Phi) is 3.80. The molecule has 104 valence electrons. The maximum absolute atomic E-state index is 10.7. The molecular weight excluding hydrogens is 258 g/mol. The summed E-state index contributed by atoms with van der Waals surface area (Å²) in [5, 5.41) is 10.7. The zero-order valence-electron chi connectivity index (χ0n) is 11.9. The summed E-state index contributed by atoms with van der Waals surface area (Å²) in [6.45, 7) is 2.05. The first-order valence-corrected chi connectivity index (χ1v) is 7.00. The molecule has 21 heavy (non-hydrogen) atoms. The number of hydrogen-bond acceptors (Lipinski definition) is 2. The molecule has 0 aliphatic carbocycles. The van der Waals surface area contributed by atoms with Gasteiger partial charge in [0.15, 0.2) is 0 Å². The third kappa shape index (κ3) is 2.86. The van der Waals surface area contributed by atoms with Crippen LogP contribution in [0.5, 0.6) is 0 Å². The number of aryl methyl sites for hydroxylation is 1. The second-order valence-electron chi connectivity index (χ2n) is 5.12. The summed E-state index contributed by atoms with van der Waals surface area (Å²) in [6.07, 6.45) is 1.12. The molecule has 3 aromatic rings. The predicted molar refractivity (Wildman–Crippen MR) is 84.9 cm³/mol. The topological polar surface area (TPSA) is 33.1 Å². The average Bonchev–Trinajstić information content (AvgIpc) is 2.56. The molecule has 1 heterocycles. The minimum atomic E-state index is -0.649. The molecule has 1 unspecified atom stereocenters. The highest BCUT2D eigenvalue weighted by Gasteiger charge is 2.16. The molecule has 2 nitrogen and oxygen atoms in total. The Labute approximate surface area is 124 Å². The Balaban J connectivity index is 2.11. The third-order valence-corrected chi connectivity index (χ3v) is 3.56. The number of hydrogen-bond donors (Lipinski definition) is 1. The van der Waals surface area contributed by atoms with Gasteiger partial charge in [-0.3, -0.25) is 4.98 Å². The Morgan fingerprint density at radius 2 is 1.67 bits per heavy atom. The van der Waals surface area contributed by atoms with E-state index in [1.807, 2.05) is 67.6 Å². The van der Waals surface area contributed by atoms with Crippen molar-refractivity contribution in [3.05, 3.63) is 89.6 Å². The maximum Gasteiger partial charge on any atom is 0.105 e. The van der Waals surface area contributed by atoms with Gasteiger partial charge in [0.05, 0.1) is 5.69 Å². The molecule has 1 atom stereocenters. The van der Waals surface area contributed by atoms with Gasteiger partial charge in [0.25, 0.3) is 0 Å². The van der Waals surface area contributed by atoms with Crippen molar-refractivity contribution in [3.8, 4) is 11.3 Å². The Hall–Kier alpha value is -2.45. The van der Waals surface area contributed by atoms with Gasteiger partial charge in [-0.2, -0.15) is 0 Å². The van der Waals surface area contributed by atoms with Crippen LogP contribution in [0.1, 0.15) is 22.8 Å². The van der Waals surface area contributed by atoms with Gasteiger partial charge in [0, 0.05) is 11.8 Å². The van der Waals surface area contributed by atoms with Crippen molar-refractivity contribution >= 4 is 0 Å². The van der Waals surface area contributed by atoms with Gasteiger partial charge in [-0.15, -0.1) is 0 Å². The Morgan fingerprint density at radius 3 is 2.38 bits per heavy atom. The summed E-state index contributed by atoms with van der Waals surface area (Å²) in [4.78, 5) is 4.42. The molecular formula is C19H17NO. The largest absolute Gasteiger partial charge is 0.384 e. The van der Waals surface area contributed by atoms with Crippen molar-refractivity contribution in [1.82, 2.24) is 4.98 Å². The lowest BCUT2D eigenvalue weighted by atomic mass is 9.93. The molecule has 0 fully saturated rings. The zero-order valence-corrected chi connectivity index (χ0v) is 11.9. The normalized spacial score (nSPS) is 12.1. The fourth-order valence-electron chi connectivity index (χ4n) is 2.47. The molecule has 1 N–H and O–H groups in total. The minimum Gasteiger partial charge on any atom is -0.384 e. The standard InChI is InChI=1S/C19H17NO/c1-14-10-11-16(19(21)15-7-3-2-4-8-15)17(13-14)18-9-5-6-12-20-18/h2-13,19,21H,1H3. The fraction of sp³-hybridized carbons (Fsp3) is 0.105. The smallest absolute Gasteiger partial charge is 0.105 e. The van der Waals surface area contributed by atoms with Crippen molar-refractivity contribution in [1.29, 1.82) is 0 Å². The highest BCUT2D eigenvalue weighted by Crippen LogP contribution is 2.31. The van der Waals surface area contributed by atoms with Crippen LogP contribution in [0.3, 0.4) is 0 Å². The van der Waals surface area contributed by atoms with E-state index in [1.165, 1.54) is 0 Å². The first kappa shape index (κ1) is 13.5. The average molecular weight is 275 g/mol. The van der Waals surface area contributed by atoms with Crippen molar-refractivity contribution in [2.75, 3.05) is 0 Å². The van der Waals surface area contributed by atoms with E-state index in [1.54, 1.807) is 6.20 Å². The summed E-state index contributed by atoms with van der Waals surface area (Å²) in [5.41, 5.74) is 4.78. The van der Waals surface area contributed by atoms with Gasteiger partial charge in [-0.05, 0) is 36.2 Å². The Morgan fingerprint density at radius 1 is 0.905 bits per heavy atom. The summed E-state index contributed by atoms with van der Waals surface area (Å²) in [5.74, 6) is 0.